The maximum atomic E-state index is 7.41. The summed E-state index contributed by atoms with van der Waals surface area (Å²) in [6.07, 6.45) is 7.37. The van der Waals surface area contributed by atoms with Gasteiger partial charge in [0.25, 0.3) is 0 Å². The predicted molar refractivity (Wildman–Crippen MR) is 83.3 cm³/mol. The third-order valence-electron chi connectivity index (χ3n) is 4.52. The Bertz CT molecular complexity index is 541. The molecule has 1 aromatic rings. The van der Waals surface area contributed by atoms with E-state index in [0.29, 0.717) is 22.9 Å². The molecular formula is C16H21ClN2O2. The standard InChI is InChI=1S/C16H21ClN2O2/c17-14-9-11(3-4-13(14)15(18)19)20-10-12-5-8-16(21-12)6-1-2-7-16/h3-4,9,12H,1-2,5-8,10H2,(H3,18,19). The zero-order valence-electron chi connectivity index (χ0n) is 12.0. The normalized spacial score (nSPS) is 23.6. The zero-order chi connectivity index (χ0) is 14.9. The number of halogens is 1. The molecule has 21 heavy (non-hydrogen) atoms. The monoisotopic (exact) mass is 308 g/mol. The van der Waals surface area contributed by atoms with Crippen LogP contribution < -0.4 is 10.5 Å². The summed E-state index contributed by atoms with van der Waals surface area (Å²) in [5.74, 6) is 0.662. The third kappa shape index (κ3) is 3.16. The molecule has 1 aliphatic heterocycles. The number of ether oxygens (including phenoxy) is 2. The Morgan fingerprint density at radius 3 is 2.81 bits per heavy atom. The highest BCUT2D eigenvalue weighted by Gasteiger charge is 2.42. The van der Waals surface area contributed by atoms with Gasteiger partial charge in [0.15, 0.2) is 0 Å². The van der Waals surface area contributed by atoms with E-state index in [0.717, 1.165) is 12.8 Å². The van der Waals surface area contributed by atoms with Crippen LogP contribution in [0.2, 0.25) is 5.02 Å². The molecule has 3 N–H and O–H groups in total. The summed E-state index contributed by atoms with van der Waals surface area (Å²) in [5, 5.41) is 7.85. The largest absolute Gasteiger partial charge is 0.491 e. The van der Waals surface area contributed by atoms with Gasteiger partial charge in [-0.15, -0.1) is 0 Å². The van der Waals surface area contributed by atoms with Gasteiger partial charge in [0.2, 0.25) is 0 Å². The summed E-state index contributed by atoms with van der Waals surface area (Å²) < 4.78 is 12.0. The highest BCUT2D eigenvalue weighted by molar-refractivity contribution is 6.34. The molecule has 2 aliphatic rings. The minimum absolute atomic E-state index is 0.0335. The van der Waals surface area contributed by atoms with E-state index in [1.165, 1.54) is 25.7 Å². The first kappa shape index (κ1) is 14.7. The van der Waals surface area contributed by atoms with Crippen LogP contribution in [0.4, 0.5) is 0 Å². The van der Waals surface area contributed by atoms with Gasteiger partial charge in [-0.05, 0) is 43.9 Å². The van der Waals surface area contributed by atoms with Crippen molar-refractivity contribution in [2.24, 2.45) is 5.73 Å². The molecule has 1 unspecified atom stereocenters. The van der Waals surface area contributed by atoms with Crippen molar-refractivity contribution >= 4 is 17.4 Å². The molecule has 1 aliphatic carbocycles. The van der Waals surface area contributed by atoms with Gasteiger partial charge < -0.3 is 15.2 Å². The van der Waals surface area contributed by atoms with Crippen molar-refractivity contribution in [3.63, 3.8) is 0 Å². The second-order valence-corrected chi connectivity index (χ2v) is 6.44. The molecule has 0 amide bonds. The van der Waals surface area contributed by atoms with Gasteiger partial charge in [0.1, 0.15) is 18.2 Å². The van der Waals surface area contributed by atoms with Crippen LogP contribution in [0.3, 0.4) is 0 Å². The molecule has 1 saturated carbocycles. The maximum Gasteiger partial charge on any atom is 0.124 e. The Labute approximate surface area is 130 Å². The Hall–Kier alpha value is -1.26. The topological polar surface area (TPSA) is 68.3 Å². The number of nitrogen functional groups attached to an aromatic ring is 1. The van der Waals surface area contributed by atoms with E-state index in [1.807, 2.05) is 0 Å². The van der Waals surface area contributed by atoms with Gasteiger partial charge in [0, 0.05) is 5.56 Å². The Balaban J connectivity index is 1.56. The highest BCUT2D eigenvalue weighted by Crippen LogP contribution is 2.43. The summed E-state index contributed by atoms with van der Waals surface area (Å²) in [5.41, 5.74) is 6.12. The molecular weight excluding hydrogens is 288 g/mol. The third-order valence-corrected chi connectivity index (χ3v) is 4.83. The van der Waals surface area contributed by atoms with Gasteiger partial charge in [-0.1, -0.05) is 24.4 Å². The van der Waals surface area contributed by atoms with Crippen molar-refractivity contribution in [2.75, 3.05) is 6.61 Å². The van der Waals surface area contributed by atoms with Gasteiger partial charge >= 0.3 is 0 Å². The van der Waals surface area contributed by atoms with Crippen molar-refractivity contribution in [1.29, 1.82) is 5.41 Å². The molecule has 1 spiro atoms. The molecule has 1 aromatic carbocycles. The van der Waals surface area contributed by atoms with E-state index < -0.39 is 0 Å². The number of amidine groups is 1. The molecule has 5 heteroatoms. The molecule has 114 valence electrons. The summed E-state index contributed by atoms with van der Waals surface area (Å²) in [4.78, 5) is 0. The van der Waals surface area contributed by atoms with E-state index in [1.54, 1.807) is 18.2 Å². The first-order valence-corrected chi connectivity index (χ1v) is 7.90. The van der Waals surface area contributed by atoms with Crippen LogP contribution in [0.1, 0.15) is 44.1 Å². The lowest BCUT2D eigenvalue weighted by molar-refractivity contribution is -0.0508. The van der Waals surface area contributed by atoms with Gasteiger partial charge in [0.05, 0.1) is 16.7 Å². The fraction of sp³-hybridized carbons (Fsp3) is 0.562. The fourth-order valence-corrected chi connectivity index (χ4v) is 3.67. The van der Waals surface area contributed by atoms with E-state index >= 15 is 0 Å². The van der Waals surface area contributed by atoms with E-state index in [2.05, 4.69) is 0 Å². The molecule has 2 fully saturated rings. The zero-order valence-corrected chi connectivity index (χ0v) is 12.8. The van der Waals surface area contributed by atoms with Crippen molar-refractivity contribution in [3.8, 4) is 5.75 Å². The summed E-state index contributed by atoms with van der Waals surface area (Å²) in [6.45, 7) is 0.553. The minimum atomic E-state index is -0.0335. The van der Waals surface area contributed by atoms with Crippen molar-refractivity contribution in [2.45, 2.75) is 50.2 Å². The molecule has 0 aromatic heterocycles. The van der Waals surface area contributed by atoms with Crippen LogP contribution >= 0.6 is 11.6 Å². The quantitative estimate of drug-likeness (QED) is 0.661. The van der Waals surface area contributed by atoms with Crippen LogP contribution in [0.5, 0.6) is 5.75 Å². The number of rotatable bonds is 4. The van der Waals surface area contributed by atoms with Crippen LogP contribution in [-0.4, -0.2) is 24.1 Å². The Morgan fingerprint density at radius 1 is 1.38 bits per heavy atom. The van der Waals surface area contributed by atoms with Crippen LogP contribution in [0, 0.1) is 5.41 Å². The van der Waals surface area contributed by atoms with Gasteiger partial charge in [-0.3, -0.25) is 5.41 Å². The first-order chi connectivity index (χ1) is 10.1. The molecule has 1 heterocycles. The summed E-state index contributed by atoms with van der Waals surface area (Å²) in [6, 6.07) is 5.22. The SMILES string of the molecule is N=C(N)c1ccc(OCC2CCC3(CCCC3)O2)cc1Cl. The molecule has 0 radical (unpaired) electrons. The first-order valence-electron chi connectivity index (χ1n) is 7.53. The number of nitrogens with two attached hydrogens (primary N) is 1. The molecule has 0 bridgehead atoms. The lowest BCUT2D eigenvalue weighted by Gasteiger charge is -2.23. The smallest absolute Gasteiger partial charge is 0.124 e. The number of hydrogen-bond acceptors (Lipinski definition) is 3. The second kappa shape index (κ2) is 5.85. The van der Waals surface area contributed by atoms with Crippen LogP contribution in [-0.2, 0) is 4.74 Å². The molecule has 4 nitrogen and oxygen atoms in total. The minimum Gasteiger partial charge on any atom is -0.491 e. The Kier molecular flexibility index (Phi) is 4.09. The van der Waals surface area contributed by atoms with E-state index in [9.17, 15) is 0 Å². The van der Waals surface area contributed by atoms with Crippen molar-refractivity contribution in [3.05, 3.63) is 28.8 Å². The van der Waals surface area contributed by atoms with Crippen LogP contribution in [0.15, 0.2) is 18.2 Å². The predicted octanol–water partition coefficient (Wildman–Crippen LogP) is 3.49. The average molecular weight is 309 g/mol. The van der Waals surface area contributed by atoms with Crippen LogP contribution in [0.25, 0.3) is 0 Å². The average Bonchev–Trinajstić information content (AvgIpc) is 3.07. The number of benzene rings is 1. The van der Waals surface area contributed by atoms with Crippen molar-refractivity contribution in [1.82, 2.24) is 0 Å². The van der Waals surface area contributed by atoms with Gasteiger partial charge in [-0.25, -0.2) is 0 Å². The number of nitrogens with one attached hydrogen (secondary N) is 1. The lowest BCUT2D eigenvalue weighted by Crippen LogP contribution is -2.27. The van der Waals surface area contributed by atoms with Crippen molar-refractivity contribution < 1.29 is 9.47 Å². The van der Waals surface area contributed by atoms with E-state index in [-0.39, 0.29) is 17.5 Å². The summed E-state index contributed by atoms with van der Waals surface area (Å²) >= 11 is 6.09. The Morgan fingerprint density at radius 2 is 2.14 bits per heavy atom. The number of hydrogen-bond donors (Lipinski definition) is 2. The highest BCUT2D eigenvalue weighted by atomic mass is 35.5. The lowest BCUT2D eigenvalue weighted by atomic mass is 9.98. The van der Waals surface area contributed by atoms with E-state index in [4.69, 9.17) is 32.2 Å². The molecule has 1 saturated heterocycles. The maximum absolute atomic E-state index is 7.41. The molecule has 3 rings (SSSR count). The second-order valence-electron chi connectivity index (χ2n) is 6.03. The van der Waals surface area contributed by atoms with Gasteiger partial charge in [-0.2, -0.15) is 0 Å². The summed E-state index contributed by atoms with van der Waals surface area (Å²) in [7, 11) is 0. The fourth-order valence-electron chi connectivity index (χ4n) is 3.39. The molecule has 1 atom stereocenters.